The second-order valence-corrected chi connectivity index (χ2v) is 11.0. The number of pyridine rings is 1. The minimum atomic E-state index is -0.618. The summed E-state index contributed by atoms with van der Waals surface area (Å²) in [6.07, 6.45) is 6.87. The van der Waals surface area contributed by atoms with Gasteiger partial charge >= 0.3 is 6.01 Å². The second kappa shape index (κ2) is 12.9. The maximum Gasteiger partial charge on any atom is 0.337 e. The van der Waals surface area contributed by atoms with Crippen molar-refractivity contribution in [3.63, 3.8) is 0 Å². The molecule has 1 fully saturated rings. The van der Waals surface area contributed by atoms with Gasteiger partial charge in [-0.3, -0.25) is 14.3 Å². The number of amides is 1. The van der Waals surface area contributed by atoms with Gasteiger partial charge in [0.15, 0.2) is 0 Å². The molecule has 47 heavy (non-hydrogen) atoms. The van der Waals surface area contributed by atoms with Gasteiger partial charge in [0.05, 0.1) is 46.2 Å². The molecule has 14 nitrogen and oxygen atoms in total. The molecule has 0 radical (unpaired) electrons. The maximum atomic E-state index is 13.4. The molecule has 1 saturated heterocycles. The highest BCUT2D eigenvalue weighted by molar-refractivity contribution is 6.04. The molecule has 14 heteroatoms. The number of nitrogens with two attached hydrogens (primary N) is 1. The van der Waals surface area contributed by atoms with Crippen molar-refractivity contribution in [3.8, 4) is 28.3 Å². The molecule has 5 heterocycles. The number of methoxy groups -OCH3 is 1. The van der Waals surface area contributed by atoms with Crippen LogP contribution in [0.2, 0.25) is 0 Å². The van der Waals surface area contributed by atoms with Gasteiger partial charge in [-0.05, 0) is 29.3 Å². The van der Waals surface area contributed by atoms with E-state index in [1.54, 1.807) is 29.1 Å². The van der Waals surface area contributed by atoms with E-state index in [1.807, 2.05) is 59.4 Å². The van der Waals surface area contributed by atoms with Crippen LogP contribution in [0.4, 0.5) is 11.5 Å². The third-order valence-corrected chi connectivity index (χ3v) is 7.77. The van der Waals surface area contributed by atoms with Crippen LogP contribution < -0.4 is 21.3 Å². The molecular weight excluding hydrogens is 602 g/mol. The molecule has 1 aliphatic heterocycles. The van der Waals surface area contributed by atoms with Crippen LogP contribution in [-0.2, 0) is 22.6 Å². The lowest BCUT2D eigenvalue weighted by Crippen LogP contribution is -2.32. The van der Waals surface area contributed by atoms with E-state index in [0.717, 1.165) is 32.3 Å². The Morgan fingerprint density at radius 3 is 2.64 bits per heavy atom. The topological polar surface area (TPSA) is 166 Å². The first-order chi connectivity index (χ1) is 22.9. The minimum Gasteiger partial charge on any atom is -0.466 e. The van der Waals surface area contributed by atoms with Gasteiger partial charge in [0, 0.05) is 41.0 Å². The zero-order chi connectivity index (χ0) is 32.3. The molecule has 0 bridgehead atoms. The first-order valence-corrected chi connectivity index (χ1v) is 14.9. The molecule has 1 atom stereocenters. The van der Waals surface area contributed by atoms with Crippen LogP contribution in [0.5, 0.6) is 6.01 Å². The Kier molecular flexibility index (Phi) is 8.16. The molecule has 6 aromatic rings. The Hall–Kier alpha value is -5.86. The molecular formula is C33H31N9O5. The van der Waals surface area contributed by atoms with Crippen LogP contribution in [0.25, 0.3) is 28.0 Å². The highest BCUT2D eigenvalue weighted by atomic mass is 16.6. The predicted octanol–water partition coefficient (Wildman–Crippen LogP) is 3.12. The Morgan fingerprint density at radius 2 is 1.87 bits per heavy atom. The van der Waals surface area contributed by atoms with Gasteiger partial charge in [-0.2, -0.15) is 14.6 Å². The number of nitrogens with zero attached hydrogens (tertiary/aromatic N) is 7. The van der Waals surface area contributed by atoms with Crippen LogP contribution in [0.15, 0.2) is 90.2 Å². The first-order valence-electron chi connectivity index (χ1n) is 14.9. The highest BCUT2D eigenvalue weighted by Crippen LogP contribution is 2.30. The van der Waals surface area contributed by atoms with E-state index in [0.29, 0.717) is 44.4 Å². The van der Waals surface area contributed by atoms with E-state index in [-0.39, 0.29) is 23.5 Å². The SMILES string of the molecule is COc1nc2n(Cc3ccccc3)cc(C(=O)Nc3ccc(-c4cc(-c5cnn(C[C@H]6COCCO6)c5)cnc4N)cc3)c(=O)n2n1. The number of carbonyl (C=O) groups excluding carboxylic acids is 1. The molecule has 4 aromatic heterocycles. The van der Waals surface area contributed by atoms with E-state index in [4.69, 9.17) is 19.9 Å². The lowest BCUT2D eigenvalue weighted by molar-refractivity contribution is -0.0946. The average molecular weight is 634 g/mol. The molecule has 0 aliphatic carbocycles. The van der Waals surface area contributed by atoms with Crippen LogP contribution >= 0.6 is 0 Å². The van der Waals surface area contributed by atoms with Crippen molar-refractivity contribution in [1.29, 1.82) is 0 Å². The zero-order valence-corrected chi connectivity index (χ0v) is 25.4. The Labute approximate surface area is 268 Å². The molecule has 7 rings (SSSR count). The number of rotatable bonds is 9. The molecule has 0 spiro atoms. The van der Waals surface area contributed by atoms with Gasteiger partial charge in [-0.1, -0.05) is 42.5 Å². The van der Waals surface area contributed by atoms with Gasteiger partial charge in [0.1, 0.15) is 17.5 Å². The lowest BCUT2D eigenvalue weighted by atomic mass is 10.0. The summed E-state index contributed by atoms with van der Waals surface area (Å²) in [5.74, 6) is 0.0257. The summed E-state index contributed by atoms with van der Waals surface area (Å²) in [5, 5.41) is 11.4. The summed E-state index contributed by atoms with van der Waals surface area (Å²) >= 11 is 0. The summed E-state index contributed by atoms with van der Waals surface area (Å²) in [6, 6.07) is 18.7. The maximum absolute atomic E-state index is 13.4. The number of carbonyl (C=O) groups is 1. The van der Waals surface area contributed by atoms with E-state index in [1.165, 1.54) is 13.3 Å². The second-order valence-electron chi connectivity index (χ2n) is 11.0. The van der Waals surface area contributed by atoms with E-state index < -0.39 is 11.5 Å². The monoisotopic (exact) mass is 633 g/mol. The largest absolute Gasteiger partial charge is 0.466 e. The van der Waals surface area contributed by atoms with Gasteiger partial charge < -0.3 is 29.8 Å². The number of benzene rings is 2. The molecule has 238 valence electrons. The number of nitrogen functional groups attached to an aromatic ring is 1. The summed E-state index contributed by atoms with van der Waals surface area (Å²) in [6.45, 7) is 2.68. The molecule has 1 amide bonds. The minimum absolute atomic E-state index is 0.0212. The van der Waals surface area contributed by atoms with Crippen LogP contribution in [-0.4, -0.2) is 72.9 Å². The molecule has 2 aromatic carbocycles. The quantitative estimate of drug-likeness (QED) is 0.242. The Morgan fingerprint density at radius 1 is 1.04 bits per heavy atom. The number of hydrogen-bond acceptors (Lipinski definition) is 10. The third kappa shape index (κ3) is 6.32. The molecule has 0 unspecified atom stereocenters. The smallest absolute Gasteiger partial charge is 0.337 e. The fourth-order valence-electron chi connectivity index (χ4n) is 5.39. The van der Waals surface area contributed by atoms with Crippen molar-refractivity contribution < 1.29 is 19.0 Å². The van der Waals surface area contributed by atoms with Crippen molar-refractivity contribution in [3.05, 3.63) is 107 Å². The number of hydrogen-bond donors (Lipinski definition) is 2. The third-order valence-electron chi connectivity index (χ3n) is 7.77. The van der Waals surface area contributed by atoms with Crippen molar-refractivity contribution in [1.82, 2.24) is 33.9 Å². The van der Waals surface area contributed by atoms with Crippen LogP contribution in [0.1, 0.15) is 15.9 Å². The number of fused-ring (bicyclic) bond motifs is 1. The van der Waals surface area contributed by atoms with E-state index in [9.17, 15) is 9.59 Å². The normalized spacial score (nSPS) is 14.7. The van der Waals surface area contributed by atoms with Crippen molar-refractivity contribution in [2.24, 2.45) is 0 Å². The number of nitrogens with one attached hydrogen (secondary N) is 1. The average Bonchev–Trinajstić information content (AvgIpc) is 3.76. The number of ether oxygens (including phenoxy) is 3. The molecule has 1 aliphatic rings. The lowest BCUT2D eigenvalue weighted by Gasteiger charge is -2.22. The first kappa shape index (κ1) is 29.8. The van der Waals surface area contributed by atoms with Crippen molar-refractivity contribution in [2.45, 2.75) is 19.2 Å². The van der Waals surface area contributed by atoms with Gasteiger partial charge in [0.2, 0.25) is 5.78 Å². The van der Waals surface area contributed by atoms with Gasteiger partial charge in [-0.25, -0.2) is 4.98 Å². The summed E-state index contributed by atoms with van der Waals surface area (Å²) in [5.41, 5.74) is 10.3. The molecule has 0 saturated carbocycles. The summed E-state index contributed by atoms with van der Waals surface area (Å²) in [4.78, 5) is 35.5. The van der Waals surface area contributed by atoms with Gasteiger partial charge in [-0.15, -0.1) is 5.10 Å². The van der Waals surface area contributed by atoms with Crippen LogP contribution in [0, 0.1) is 0 Å². The van der Waals surface area contributed by atoms with Crippen LogP contribution in [0.3, 0.4) is 0 Å². The number of anilines is 2. The summed E-state index contributed by atoms with van der Waals surface area (Å²) in [7, 11) is 1.41. The fourth-order valence-corrected chi connectivity index (χ4v) is 5.39. The molecule has 3 N–H and O–H groups in total. The van der Waals surface area contributed by atoms with Gasteiger partial charge in [0.25, 0.3) is 11.5 Å². The standard InChI is InChI=1S/C33H31N9O5/c1-45-32-38-33-40(16-21-5-3-2-4-6-21)19-28(31(44)42(33)39-32)30(43)37-25-9-7-22(8-10-25)27-13-23(14-35-29(27)34)24-15-36-41(17-24)18-26-20-46-11-12-47-26/h2-10,13-15,17,19,26H,11-12,16,18,20H2,1H3,(H2,34,35)(H,37,43)/t26-/m0/s1. The predicted molar refractivity (Wildman–Crippen MR) is 173 cm³/mol. The Bertz CT molecular complexity index is 2100. The van der Waals surface area contributed by atoms with E-state index in [2.05, 4.69) is 25.5 Å². The summed E-state index contributed by atoms with van der Waals surface area (Å²) < 4.78 is 21.0. The number of aromatic nitrogens is 7. The zero-order valence-electron chi connectivity index (χ0n) is 25.4. The fraction of sp³-hybridized carbons (Fsp3) is 0.212. The van der Waals surface area contributed by atoms with Crippen molar-refractivity contribution >= 4 is 23.2 Å². The van der Waals surface area contributed by atoms with E-state index >= 15 is 0 Å². The highest BCUT2D eigenvalue weighted by Gasteiger charge is 2.20. The Balaban J connectivity index is 1.11. The van der Waals surface area contributed by atoms with Crippen molar-refractivity contribution in [2.75, 3.05) is 38.0 Å².